The van der Waals surface area contributed by atoms with Crippen molar-refractivity contribution in [2.45, 2.75) is 19.8 Å². The summed E-state index contributed by atoms with van der Waals surface area (Å²) in [6.07, 6.45) is 1.98. The number of rotatable bonds is 4. The highest BCUT2D eigenvalue weighted by molar-refractivity contribution is 5.68. The van der Waals surface area contributed by atoms with Crippen molar-refractivity contribution in [3.8, 4) is 6.07 Å². The number of nitrogens with one attached hydrogen (secondary N) is 1. The summed E-state index contributed by atoms with van der Waals surface area (Å²) in [5.74, 6) is -0.500. The lowest BCUT2D eigenvalue weighted by Gasteiger charge is -2.12. The predicted octanol–water partition coefficient (Wildman–Crippen LogP) is 4.39. The van der Waals surface area contributed by atoms with Crippen LogP contribution in [0.5, 0.6) is 0 Å². The molecule has 3 heteroatoms. The largest absolute Gasteiger partial charge is 0.354 e. The van der Waals surface area contributed by atoms with E-state index in [0.29, 0.717) is 5.69 Å². The molecule has 19 heavy (non-hydrogen) atoms. The van der Waals surface area contributed by atoms with Gasteiger partial charge < -0.3 is 5.32 Å². The summed E-state index contributed by atoms with van der Waals surface area (Å²) in [7, 11) is 0. The molecule has 0 atom stereocenters. The van der Waals surface area contributed by atoms with Gasteiger partial charge in [0.2, 0.25) is 0 Å². The van der Waals surface area contributed by atoms with Crippen LogP contribution in [-0.4, -0.2) is 0 Å². The van der Waals surface area contributed by atoms with Crippen LogP contribution in [0, 0.1) is 17.1 Å². The second-order valence-corrected chi connectivity index (χ2v) is 4.31. The lowest BCUT2D eigenvalue weighted by Crippen LogP contribution is -1.99. The Hall–Kier alpha value is -2.34. The Morgan fingerprint density at radius 2 is 1.84 bits per heavy atom. The molecule has 0 aliphatic carbocycles. The number of para-hydroxylation sites is 1. The molecule has 0 saturated carbocycles. The maximum atomic E-state index is 13.5. The summed E-state index contributed by atoms with van der Waals surface area (Å²) < 4.78 is 13.5. The van der Waals surface area contributed by atoms with Gasteiger partial charge in [0.05, 0.1) is 5.69 Å². The molecule has 0 aromatic heterocycles. The van der Waals surface area contributed by atoms with Crippen molar-refractivity contribution in [2.24, 2.45) is 0 Å². The molecule has 2 aromatic rings. The molecule has 2 rings (SSSR count). The number of nitriles is 1. The number of halogens is 1. The summed E-state index contributed by atoms with van der Waals surface area (Å²) >= 11 is 0. The predicted molar refractivity (Wildman–Crippen MR) is 74.8 cm³/mol. The standard InChI is InChI=1S/C16H15FN2/c1-2-6-12-7-3-4-9-15(12)19-16-10-5-8-14(17)13(16)11-18/h3-5,7-10,19H,2,6H2,1H3. The average Bonchev–Trinajstić information content (AvgIpc) is 2.41. The highest BCUT2D eigenvalue weighted by Crippen LogP contribution is 2.25. The van der Waals surface area contributed by atoms with Crippen LogP contribution in [0.4, 0.5) is 15.8 Å². The molecule has 96 valence electrons. The van der Waals surface area contributed by atoms with Crippen LogP contribution in [0.1, 0.15) is 24.5 Å². The lowest BCUT2D eigenvalue weighted by atomic mass is 10.1. The Balaban J connectivity index is 2.37. The molecule has 0 fully saturated rings. The first-order chi connectivity index (χ1) is 9.26. The summed E-state index contributed by atoms with van der Waals surface area (Å²) in [6, 6.07) is 14.4. The van der Waals surface area contributed by atoms with Gasteiger partial charge in [-0.25, -0.2) is 4.39 Å². The Morgan fingerprint density at radius 3 is 2.58 bits per heavy atom. The van der Waals surface area contributed by atoms with Crippen LogP contribution >= 0.6 is 0 Å². The highest BCUT2D eigenvalue weighted by atomic mass is 19.1. The van der Waals surface area contributed by atoms with Gasteiger partial charge in [0, 0.05) is 5.69 Å². The number of benzene rings is 2. The zero-order chi connectivity index (χ0) is 13.7. The topological polar surface area (TPSA) is 35.8 Å². The minimum atomic E-state index is -0.500. The fourth-order valence-electron chi connectivity index (χ4n) is 2.02. The van der Waals surface area contributed by atoms with Crippen molar-refractivity contribution in [1.29, 1.82) is 5.26 Å². The summed E-state index contributed by atoms with van der Waals surface area (Å²) in [5, 5.41) is 12.2. The molecule has 2 aromatic carbocycles. The zero-order valence-electron chi connectivity index (χ0n) is 10.8. The van der Waals surface area contributed by atoms with Crippen LogP contribution in [0.2, 0.25) is 0 Å². The van der Waals surface area contributed by atoms with Crippen LogP contribution < -0.4 is 5.32 Å². The van der Waals surface area contributed by atoms with Gasteiger partial charge in [-0.1, -0.05) is 37.6 Å². The van der Waals surface area contributed by atoms with Gasteiger partial charge in [-0.05, 0) is 30.2 Å². The minimum absolute atomic E-state index is 0.0498. The zero-order valence-corrected chi connectivity index (χ0v) is 10.8. The molecule has 0 saturated heterocycles. The van der Waals surface area contributed by atoms with Crippen LogP contribution in [0.3, 0.4) is 0 Å². The number of aryl methyl sites for hydroxylation is 1. The van der Waals surface area contributed by atoms with E-state index in [-0.39, 0.29) is 5.56 Å². The molecule has 0 heterocycles. The summed E-state index contributed by atoms with van der Waals surface area (Å²) in [6.45, 7) is 2.11. The SMILES string of the molecule is CCCc1ccccc1Nc1cccc(F)c1C#N. The fraction of sp³-hybridized carbons (Fsp3) is 0.188. The Bertz CT molecular complexity index is 614. The Kier molecular flexibility index (Phi) is 4.15. The van der Waals surface area contributed by atoms with E-state index in [1.165, 1.54) is 6.07 Å². The van der Waals surface area contributed by atoms with Crippen molar-refractivity contribution in [3.63, 3.8) is 0 Å². The molecular formula is C16H15FN2. The number of nitrogens with zero attached hydrogens (tertiary/aromatic N) is 1. The molecule has 0 aliphatic heterocycles. The van der Waals surface area contributed by atoms with Crippen LogP contribution in [0.15, 0.2) is 42.5 Å². The van der Waals surface area contributed by atoms with E-state index >= 15 is 0 Å². The van der Waals surface area contributed by atoms with E-state index in [1.54, 1.807) is 12.1 Å². The van der Waals surface area contributed by atoms with Gasteiger partial charge >= 0.3 is 0 Å². The number of hydrogen-bond acceptors (Lipinski definition) is 2. The van der Waals surface area contributed by atoms with Crippen LogP contribution in [-0.2, 0) is 6.42 Å². The molecule has 0 aliphatic rings. The second kappa shape index (κ2) is 6.01. The third-order valence-electron chi connectivity index (χ3n) is 2.93. The van der Waals surface area contributed by atoms with Crippen molar-refractivity contribution >= 4 is 11.4 Å². The van der Waals surface area contributed by atoms with Crippen molar-refractivity contribution < 1.29 is 4.39 Å². The van der Waals surface area contributed by atoms with E-state index in [4.69, 9.17) is 5.26 Å². The maximum Gasteiger partial charge on any atom is 0.143 e. The van der Waals surface area contributed by atoms with E-state index in [0.717, 1.165) is 24.1 Å². The third-order valence-corrected chi connectivity index (χ3v) is 2.93. The molecular weight excluding hydrogens is 239 g/mol. The lowest BCUT2D eigenvalue weighted by molar-refractivity contribution is 0.624. The number of anilines is 2. The first-order valence-electron chi connectivity index (χ1n) is 6.29. The molecule has 0 spiro atoms. The normalized spacial score (nSPS) is 9.95. The molecule has 1 N–H and O–H groups in total. The van der Waals surface area contributed by atoms with Crippen molar-refractivity contribution in [1.82, 2.24) is 0 Å². The quantitative estimate of drug-likeness (QED) is 0.878. The monoisotopic (exact) mass is 254 g/mol. The molecule has 0 amide bonds. The Labute approximate surface area is 112 Å². The van der Waals surface area contributed by atoms with E-state index in [2.05, 4.69) is 12.2 Å². The minimum Gasteiger partial charge on any atom is -0.354 e. The Morgan fingerprint density at radius 1 is 1.11 bits per heavy atom. The van der Waals surface area contributed by atoms with Gasteiger partial charge in [-0.15, -0.1) is 0 Å². The van der Waals surface area contributed by atoms with E-state index in [9.17, 15) is 4.39 Å². The highest BCUT2D eigenvalue weighted by Gasteiger charge is 2.09. The summed E-state index contributed by atoms with van der Waals surface area (Å²) in [5.41, 5.74) is 2.64. The average molecular weight is 254 g/mol. The van der Waals surface area contributed by atoms with Gasteiger partial charge in [-0.3, -0.25) is 0 Å². The number of hydrogen-bond donors (Lipinski definition) is 1. The van der Waals surface area contributed by atoms with Gasteiger partial charge in [-0.2, -0.15) is 5.26 Å². The van der Waals surface area contributed by atoms with E-state index < -0.39 is 5.82 Å². The molecule has 0 radical (unpaired) electrons. The fourth-order valence-corrected chi connectivity index (χ4v) is 2.02. The molecule has 0 bridgehead atoms. The first-order valence-corrected chi connectivity index (χ1v) is 6.29. The smallest absolute Gasteiger partial charge is 0.143 e. The maximum absolute atomic E-state index is 13.5. The van der Waals surface area contributed by atoms with E-state index in [1.807, 2.05) is 30.3 Å². The van der Waals surface area contributed by atoms with Crippen molar-refractivity contribution in [2.75, 3.05) is 5.32 Å². The molecule has 0 unspecified atom stereocenters. The summed E-state index contributed by atoms with van der Waals surface area (Å²) in [4.78, 5) is 0. The first kappa shape index (κ1) is 13.1. The second-order valence-electron chi connectivity index (χ2n) is 4.31. The van der Waals surface area contributed by atoms with Gasteiger partial charge in [0.15, 0.2) is 0 Å². The van der Waals surface area contributed by atoms with Crippen LogP contribution in [0.25, 0.3) is 0 Å². The van der Waals surface area contributed by atoms with Gasteiger partial charge in [0.1, 0.15) is 17.4 Å². The third kappa shape index (κ3) is 2.92. The van der Waals surface area contributed by atoms with Crippen molar-refractivity contribution in [3.05, 3.63) is 59.4 Å². The molecule has 2 nitrogen and oxygen atoms in total. The van der Waals surface area contributed by atoms with Gasteiger partial charge in [0.25, 0.3) is 0 Å².